The van der Waals surface area contributed by atoms with Crippen LogP contribution in [0, 0.1) is 5.82 Å². The van der Waals surface area contributed by atoms with E-state index in [0.717, 1.165) is 5.56 Å². The molecule has 0 aromatic heterocycles. The van der Waals surface area contributed by atoms with Crippen molar-refractivity contribution < 1.29 is 18.7 Å². The lowest BCUT2D eigenvalue weighted by Crippen LogP contribution is -2.32. The van der Waals surface area contributed by atoms with Crippen LogP contribution in [-0.2, 0) is 16.1 Å². The summed E-state index contributed by atoms with van der Waals surface area (Å²) in [6, 6.07) is 21.9. The van der Waals surface area contributed by atoms with E-state index in [1.807, 2.05) is 24.3 Å². The molecule has 0 unspecified atom stereocenters. The van der Waals surface area contributed by atoms with Gasteiger partial charge in [0, 0.05) is 11.3 Å². The summed E-state index contributed by atoms with van der Waals surface area (Å²) in [5.74, 6) is -0.639. The molecular weight excluding hydrogens is 383 g/mol. The Balaban J connectivity index is 1.73. The Labute approximate surface area is 173 Å². The minimum Gasteiger partial charge on any atom is -0.496 e. The monoisotopic (exact) mass is 402 g/mol. The summed E-state index contributed by atoms with van der Waals surface area (Å²) in [6.07, 6.45) is 0. The molecule has 0 radical (unpaired) electrons. The van der Waals surface area contributed by atoms with Crippen molar-refractivity contribution >= 4 is 23.1 Å². The average Bonchev–Trinajstić information content (AvgIpc) is 3.00. The Kier molecular flexibility index (Phi) is 5.30. The van der Waals surface area contributed by atoms with Crippen molar-refractivity contribution in [3.8, 4) is 5.75 Å². The maximum atomic E-state index is 13.3. The van der Waals surface area contributed by atoms with Gasteiger partial charge in [-0.3, -0.25) is 14.5 Å². The lowest BCUT2D eigenvalue weighted by atomic mass is 10.0. The largest absolute Gasteiger partial charge is 0.496 e. The van der Waals surface area contributed by atoms with Crippen LogP contribution in [0.15, 0.2) is 84.6 Å². The molecule has 3 aromatic carbocycles. The van der Waals surface area contributed by atoms with Gasteiger partial charge in [-0.2, -0.15) is 0 Å². The molecule has 150 valence electrons. The van der Waals surface area contributed by atoms with Crippen molar-refractivity contribution in [3.05, 3.63) is 102 Å². The van der Waals surface area contributed by atoms with Gasteiger partial charge >= 0.3 is 0 Å². The van der Waals surface area contributed by atoms with Gasteiger partial charge in [-0.1, -0.05) is 48.5 Å². The Morgan fingerprint density at radius 1 is 0.867 bits per heavy atom. The maximum Gasteiger partial charge on any atom is 0.278 e. The van der Waals surface area contributed by atoms with E-state index in [-0.39, 0.29) is 23.6 Å². The number of nitrogens with one attached hydrogen (secondary N) is 1. The minimum atomic E-state index is -0.450. The zero-order valence-electron chi connectivity index (χ0n) is 16.3. The molecule has 1 heterocycles. The fourth-order valence-electron chi connectivity index (χ4n) is 3.39. The van der Waals surface area contributed by atoms with E-state index in [0.29, 0.717) is 17.0 Å². The molecule has 1 N–H and O–H groups in total. The number of imide groups is 1. The van der Waals surface area contributed by atoms with E-state index in [9.17, 15) is 14.0 Å². The maximum absolute atomic E-state index is 13.3. The predicted octanol–water partition coefficient (Wildman–Crippen LogP) is 4.23. The summed E-state index contributed by atoms with van der Waals surface area (Å²) < 4.78 is 18.6. The lowest BCUT2D eigenvalue weighted by Gasteiger charge is -2.17. The minimum absolute atomic E-state index is 0.0760. The van der Waals surface area contributed by atoms with Crippen LogP contribution in [0.2, 0.25) is 0 Å². The van der Waals surface area contributed by atoms with Gasteiger partial charge in [0.25, 0.3) is 11.8 Å². The van der Waals surface area contributed by atoms with E-state index in [1.165, 1.54) is 29.2 Å². The van der Waals surface area contributed by atoms with Gasteiger partial charge in [0.15, 0.2) is 0 Å². The molecule has 0 aliphatic carbocycles. The highest BCUT2D eigenvalue weighted by atomic mass is 19.1. The summed E-state index contributed by atoms with van der Waals surface area (Å²) in [6.45, 7) is 0.0760. The van der Waals surface area contributed by atoms with E-state index < -0.39 is 11.8 Å². The zero-order chi connectivity index (χ0) is 21.1. The first-order chi connectivity index (χ1) is 14.6. The number of benzene rings is 3. The summed E-state index contributed by atoms with van der Waals surface area (Å²) in [7, 11) is 1.54. The van der Waals surface area contributed by atoms with E-state index in [4.69, 9.17) is 4.74 Å². The van der Waals surface area contributed by atoms with Crippen LogP contribution >= 0.6 is 0 Å². The molecule has 0 saturated heterocycles. The molecule has 1 aliphatic heterocycles. The molecule has 0 bridgehead atoms. The Morgan fingerprint density at radius 2 is 1.53 bits per heavy atom. The molecule has 1 aliphatic rings. The van der Waals surface area contributed by atoms with E-state index in [2.05, 4.69) is 5.32 Å². The molecule has 4 rings (SSSR count). The van der Waals surface area contributed by atoms with Crippen molar-refractivity contribution in [2.24, 2.45) is 0 Å². The lowest BCUT2D eigenvalue weighted by molar-refractivity contribution is -0.137. The number of halogens is 1. The second-order valence-electron chi connectivity index (χ2n) is 6.76. The van der Waals surface area contributed by atoms with Gasteiger partial charge in [0.2, 0.25) is 0 Å². The molecule has 5 nitrogen and oxygen atoms in total. The van der Waals surface area contributed by atoms with E-state index in [1.54, 1.807) is 37.4 Å². The first kappa shape index (κ1) is 19.4. The molecule has 0 spiro atoms. The van der Waals surface area contributed by atoms with Crippen molar-refractivity contribution in [3.63, 3.8) is 0 Å². The molecule has 2 amide bonds. The number of amides is 2. The Hall–Kier alpha value is -3.93. The number of carbonyl (C=O) groups excluding carboxylic acids is 2. The Bertz CT molecular complexity index is 1120. The third kappa shape index (κ3) is 3.67. The highest BCUT2D eigenvalue weighted by Crippen LogP contribution is 2.32. The normalized spacial score (nSPS) is 13.7. The number of anilines is 1. The van der Waals surface area contributed by atoms with Crippen molar-refractivity contribution in [2.45, 2.75) is 6.54 Å². The number of rotatable bonds is 6. The number of para-hydroxylation sites is 1. The van der Waals surface area contributed by atoms with Crippen LogP contribution in [0.25, 0.3) is 5.57 Å². The van der Waals surface area contributed by atoms with Crippen molar-refractivity contribution in [1.82, 2.24) is 4.90 Å². The third-order valence-electron chi connectivity index (χ3n) is 4.87. The summed E-state index contributed by atoms with van der Waals surface area (Å²) >= 11 is 0. The van der Waals surface area contributed by atoms with Gasteiger partial charge in [-0.15, -0.1) is 0 Å². The molecule has 3 aromatic rings. The molecule has 0 fully saturated rings. The summed E-state index contributed by atoms with van der Waals surface area (Å²) in [4.78, 5) is 27.7. The van der Waals surface area contributed by atoms with Crippen LogP contribution < -0.4 is 10.1 Å². The first-order valence-electron chi connectivity index (χ1n) is 9.39. The number of ether oxygens (including phenoxy) is 1. The van der Waals surface area contributed by atoms with Gasteiger partial charge in [-0.25, -0.2) is 4.39 Å². The standard InChI is InChI=1S/C24H19FN2O3/c1-30-20-10-6-5-9-17(20)15-27-23(28)21(16-7-3-2-4-8-16)22(24(27)29)26-19-13-11-18(25)12-14-19/h2-14,26H,15H2,1H3. The topological polar surface area (TPSA) is 58.6 Å². The first-order valence-corrected chi connectivity index (χ1v) is 9.39. The molecular formula is C24H19FN2O3. The van der Waals surface area contributed by atoms with Gasteiger partial charge in [-0.05, 0) is 35.9 Å². The van der Waals surface area contributed by atoms with Crippen molar-refractivity contribution in [1.29, 1.82) is 0 Å². The second kappa shape index (κ2) is 8.21. The van der Waals surface area contributed by atoms with Crippen LogP contribution in [0.1, 0.15) is 11.1 Å². The number of hydrogen-bond donors (Lipinski definition) is 1. The highest BCUT2D eigenvalue weighted by molar-refractivity contribution is 6.36. The summed E-state index contributed by atoms with van der Waals surface area (Å²) in [5, 5.41) is 3.01. The quantitative estimate of drug-likeness (QED) is 0.627. The van der Waals surface area contributed by atoms with Crippen LogP contribution in [0.5, 0.6) is 5.75 Å². The molecule has 6 heteroatoms. The molecule has 30 heavy (non-hydrogen) atoms. The van der Waals surface area contributed by atoms with Gasteiger partial charge < -0.3 is 10.1 Å². The smallest absolute Gasteiger partial charge is 0.278 e. The zero-order valence-corrected chi connectivity index (χ0v) is 16.3. The van der Waals surface area contributed by atoms with Crippen molar-refractivity contribution in [2.75, 3.05) is 12.4 Å². The number of methoxy groups -OCH3 is 1. The summed E-state index contributed by atoms with van der Waals surface area (Å²) in [5.41, 5.74) is 2.30. The predicted molar refractivity (Wildman–Crippen MR) is 112 cm³/mol. The number of hydrogen-bond acceptors (Lipinski definition) is 4. The van der Waals surface area contributed by atoms with Gasteiger partial charge in [0.05, 0.1) is 19.2 Å². The fourth-order valence-corrected chi connectivity index (χ4v) is 3.39. The molecule has 0 saturated carbocycles. The van der Waals surface area contributed by atoms with Gasteiger partial charge in [0.1, 0.15) is 17.3 Å². The SMILES string of the molecule is COc1ccccc1CN1C(=O)C(Nc2ccc(F)cc2)=C(c2ccccc2)C1=O. The second-order valence-corrected chi connectivity index (χ2v) is 6.76. The van der Waals surface area contributed by atoms with E-state index >= 15 is 0 Å². The van der Waals surface area contributed by atoms with Crippen LogP contribution in [-0.4, -0.2) is 23.8 Å². The molecule has 0 atom stereocenters. The van der Waals surface area contributed by atoms with Crippen LogP contribution in [0.3, 0.4) is 0 Å². The average molecular weight is 402 g/mol. The van der Waals surface area contributed by atoms with Crippen LogP contribution in [0.4, 0.5) is 10.1 Å². The highest BCUT2D eigenvalue weighted by Gasteiger charge is 2.39. The number of nitrogens with zero attached hydrogens (tertiary/aromatic N) is 1. The fraction of sp³-hybridized carbons (Fsp3) is 0.0833. The number of carbonyl (C=O) groups is 2. The third-order valence-corrected chi connectivity index (χ3v) is 4.87. The Morgan fingerprint density at radius 3 is 2.23 bits per heavy atom.